The van der Waals surface area contributed by atoms with Gasteiger partial charge in [0.2, 0.25) is 6.41 Å². The fourth-order valence-electron chi connectivity index (χ4n) is 2.62. The van der Waals surface area contributed by atoms with E-state index in [1.807, 2.05) is 5.32 Å². The van der Waals surface area contributed by atoms with E-state index in [1.165, 1.54) is 18.2 Å². The molecule has 2 aromatic carbocycles. The van der Waals surface area contributed by atoms with Gasteiger partial charge in [-0.15, -0.1) is 0 Å². The van der Waals surface area contributed by atoms with Crippen LogP contribution in [-0.2, 0) is 17.1 Å². The molecule has 0 aromatic heterocycles. The summed E-state index contributed by atoms with van der Waals surface area (Å²) in [5, 5.41) is 1.88. The highest BCUT2D eigenvalue weighted by atomic mass is 19.4. The lowest BCUT2D eigenvalue weighted by Gasteiger charge is -2.22. The third kappa shape index (κ3) is 4.58. The molecule has 0 spiro atoms. The fourth-order valence-corrected chi connectivity index (χ4v) is 2.62. The van der Waals surface area contributed by atoms with Crippen molar-refractivity contribution in [3.8, 4) is 11.5 Å². The van der Waals surface area contributed by atoms with Crippen LogP contribution < -0.4 is 19.7 Å². The van der Waals surface area contributed by atoms with E-state index in [0.717, 1.165) is 0 Å². The maximum absolute atomic E-state index is 13.0. The van der Waals surface area contributed by atoms with E-state index in [2.05, 4.69) is 0 Å². The molecule has 0 fully saturated rings. The van der Waals surface area contributed by atoms with E-state index in [1.54, 1.807) is 0 Å². The van der Waals surface area contributed by atoms with E-state index in [-0.39, 0.29) is 30.5 Å². The first-order valence-corrected chi connectivity index (χ1v) is 8.23. The number of amides is 3. The minimum atomic E-state index is -5.08. The monoisotopic (exact) mass is 434 g/mol. The summed E-state index contributed by atoms with van der Waals surface area (Å²) in [5.41, 5.74) is -4.03. The standard InChI is InChI=1S/C18H12F6N2O4/c19-17(20,21)10-5-11(18(22,23)24)7-12(6-10)25-16(28)26(9-27)13-1-2-14-15(8-13)30-4-3-29-14/h1-2,5-9H,3-4H2,(H,25,28). The molecule has 0 bridgehead atoms. The van der Waals surface area contributed by atoms with Gasteiger partial charge in [0.25, 0.3) is 0 Å². The maximum atomic E-state index is 13.0. The quantitative estimate of drug-likeness (QED) is 0.562. The fraction of sp³-hybridized carbons (Fsp3) is 0.222. The van der Waals surface area contributed by atoms with Crippen molar-refractivity contribution in [3.63, 3.8) is 0 Å². The van der Waals surface area contributed by atoms with Gasteiger partial charge in [0.05, 0.1) is 16.8 Å². The van der Waals surface area contributed by atoms with Crippen molar-refractivity contribution in [2.45, 2.75) is 12.4 Å². The van der Waals surface area contributed by atoms with E-state index in [0.29, 0.717) is 29.4 Å². The number of carbonyl (C=O) groups excluding carboxylic acids is 2. The third-order valence-electron chi connectivity index (χ3n) is 3.97. The van der Waals surface area contributed by atoms with E-state index in [9.17, 15) is 35.9 Å². The SMILES string of the molecule is O=CN(C(=O)Nc1cc(C(F)(F)F)cc(C(F)(F)F)c1)c1ccc2c(c1)OCCO2. The van der Waals surface area contributed by atoms with Gasteiger partial charge in [-0.25, -0.2) is 9.69 Å². The Kier molecular flexibility index (Phi) is 5.51. The van der Waals surface area contributed by atoms with Crippen LogP contribution in [0.3, 0.4) is 0 Å². The van der Waals surface area contributed by atoms with Gasteiger partial charge in [-0.3, -0.25) is 4.79 Å². The lowest BCUT2D eigenvalue weighted by atomic mass is 10.1. The van der Waals surface area contributed by atoms with Crippen LogP contribution >= 0.6 is 0 Å². The molecular formula is C18H12F6N2O4. The second kappa shape index (κ2) is 7.76. The van der Waals surface area contributed by atoms with Crippen LogP contribution in [0.4, 0.5) is 42.5 Å². The Morgan fingerprint density at radius 2 is 1.47 bits per heavy atom. The molecule has 0 atom stereocenters. The number of alkyl halides is 6. The molecule has 6 nitrogen and oxygen atoms in total. The number of hydrogen-bond donors (Lipinski definition) is 1. The van der Waals surface area contributed by atoms with E-state index in [4.69, 9.17) is 9.47 Å². The molecule has 3 rings (SSSR count). The normalized spacial score (nSPS) is 13.5. The summed E-state index contributed by atoms with van der Waals surface area (Å²) in [5.74, 6) is 0.570. The number of imide groups is 1. The molecule has 0 unspecified atom stereocenters. The van der Waals surface area contributed by atoms with Gasteiger partial charge in [-0.2, -0.15) is 26.3 Å². The minimum Gasteiger partial charge on any atom is -0.486 e. The number of carbonyl (C=O) groups is 2. The summed E-state index contributed by atoms with van der Waals surface area (Å²) in [6.45, 7) is 0.509. The Morgan fingerprint density at radius 3 is 2.00 bits per heavy atom. The van der Waals surface area contributed by atoms with Crippen molar-refractivity contribution >= 4 is 23.8 Å². The molecule has 1 aliphatic heterocycles. The highest BCUT2D eigenvalue weighted by Crippen LogP contribution is 2.38. The summed E-state index contributed by atoms with van der Waals surface area (Å²) >= 11 is 0. The van der Waals surface area contributed by atoms with Gasteiger partial charge in [-0.1, -0.05) is 0 Å². The molecule has 2 aromatic rings. The highest BCUT2D eigenvalue weighted by Gasteiger charge is 2.37. The number of rotatable bonds is 3. The van der Waals surface area contributed by atoms with Gasteiger partial charge >= 0.3 is 18.4 Å². The predicted octanol–water partition coefficient (Wildman–Crippen LogP) is 4.69. The van der Waals surface area contributed by atoms with Crippen molar-refractivity contribution in [2.75, 3.05) is 23.4 Å². The van der Waals surface area contributed by atoms with Crippen molar-refractivity contribution in [1.29, 1.82) is 0 Å². The van der Waals surface area contributed by atoms with E-state index >= 15 is 0 Å². The summed E-state index contributed by atoms with van der Waals surface area (Å²) in [6, 6.07) is 3.30. The van der Waals surface area contributed by atoms with Gasteiger partial charge in [-0.05, 0) is 30.3 Å². The molecule has 12 heteroatoms. The van der Waals surface area contributed by atoms with Crippen LogP contribution in [0.1, 0.15) is 11.1 Å². The first-order valence-electron chi connectivity index (χ1n) is 8.23. The molecule has 3 amide bonds. The highest BCUT2D eigenvalue weighted by molar-refractivity contribution is 6.12. The number of anilines is 2. The predicted molar refractivity (Wildman–Crippen MR) is 91.4 cm³/mol. The van der Waals surface area contributed by atoms with Crippen LogP contribution in [-0.4, -0.2) is 25.7 Å². The maximum Gasteiger partial charge on any atom is 0.416 e. The average molecular weight is 434 g/mol. The Bertz CT molecular complexity index is 942. The summed E-state index contributed by atoms with van der Waals surface area (Å²) in [4.78, 5) is 24.2. The Labute approximate surface area is 165 Å². The molecule has 0 saturated heterocycles. The van der Waals surface area contributed by atoms with Crippen LogP contribution in [0.15, 0.2) is 36.4 Å². The molecule has 160 valence electrons. The molecule has 0 radical (unpaired) electrons. The van der Waals surface area contributed by atoms with Crippen molar-refractivity contribution in [2.24, 2.45) is 0 Å². The Balaban J connectivity index is 1.91. The van der Waals surface area contributed by atoms with Crippen LogP contribution in [0.5, 0.6) is 11.5 Å². The van der Waals surface area contributed by atoms with Crippen LogP contribution in [0, 0.1) is 0 Å². The molecule has 0 saturated carbocycles. The topological polar surface area (TPSA) is 67.9 Å². The number of fused-ring (bicyclic) bond motifs is 1. The second-order valence-electron chi connectivity index (χ2n) is 6.03. The number of nitrogens with one attached hydrogen (secondary N) is 1. The zero-order valence-electron chi connectivity index (χ0n) is 14.8. The Hall–Kier alpha value is -3.44. The lowest BCUT2D eigenvalue weighted by molar-refractivity contribution is -0.143. The zero-order valence-corrected chi connectivity index (χ0v) is 14.8. The average Bonchev–Trinajstić information content (AvgIpc) is 2.67. The van der Waals surface area contributed by atoms with Crippen molar-refractivity contribution < 1.29 is 45.4 Å². The third-order valence-corrected chi connectivity index (χ3v) is 3.97. The van der Waals surface area contributed by atoms with Crippen molar-refractivity contribution in [1.82, 2.24) is 0 Å². The van der Waals surface area contributed by atoms with E-state index < -0.39 is 35.2 Å². The largest absolute Gasteiger partial charge is 0.486 e. The number of benzene rings is 2. The number of nitrogens with zero attached hydrogens (tertiary/aromatic N) is 1. The van der Waals surface area contributed by atoms with Crippen LogP contribution in [0.2, 0.25) is 0 Å². The lowest BCUT2D eigenvalue weighted by Crippen LogP contribution is -2.34. The molecule has 0 aliphatic carbocycles. The molecule has 30 heavy (non-hydrogen) atoms. The van der Waals surface area contributed by atoms with Gasteiger partial charge in [0.15, 0.2) is 11.5 Å². The summed E-state index contributed by atoms with van der Waals surface area (Å²) < 4.78 is 88.3. The smallest absolute Gasteiger partial charge is 0.416 e. The van der Waals surface area contributed by atoms with Gasteiger partial charge < -0.3 is 14.8 Å². The first-order chi connectivity index (χ1) is 14.0. The number of halogens is 6. The summed E-state index contributed by atoms with van der Waals surface area (Å²) in [6.07, 6.45) is -10.1. The number of hydrogen-bond acceptors (Lipinski definition) is 4. The second-order valence-corrected chi connectivity index (χ2v) is 6.03. The Morgan fingerprint density at radius 1 is 0.900 bits per heavy atom. The molecule has 1 N–H and O–H groups in total. The minimum absolute atomic E-state index is 0.0326. The number of urea groups is 1. The van der Waals surface area contributed by atoms with Crippen molar-refractivity contribution in [3.05, 3.63) is 47.5 Å². The van der Waals surface area contributed by atoms with Gasteiger partial charge in [0, 0.05) is 11.8 Å². The summed E-state index contributed by atoms with van der Waals surface area (Å²) in [7, 11) is 0. The number of ether oxygens (including phenoxy) is 2. The molecule has 1 heterocycles. The zero-order chi connectivity index (χ0) is 22.1. The molecule has 1 aliphatic rings. The molecular weight excluding hydrogens is 422 g/mol. The van der Waals surface area contributed by atoms with Crippen LogP contribution in [0.25, 0.3) is 0 Å². The first kappa shape index (κ1) is 21.3. The van der Waals surface area contributed by atoms with Gasteiger partial charge in [0.1, 0.15) is 13.2 Å².